The first kappa shape index (κ1) is 20.4. The van der Waals surface area contributed by atoms with Crippen molar-refractivity contribution >= 4 is 46.3 Å². The third-order valence-electron chi connectivity index (χ3n) is 4.09. The van der Waals surface area contributed by atoms with E-state index < -0.39 is 0 Å². The molecule has 0 unspecified atom stereocenters. The molecule has 0 bridgehead atoms. The molecule has 30 heavy (non-hydrogen) atoms. The van der Waals surface area contributed by atoms with Gasteiger partial charge in [0.1, 0.15) is 11.6 Å². The maximum atomic E-state index is 12.4. The van der Waals surface area contributed by atoms with E-state index in [2.05, 4.69) is 15.4 Å². The Morgan fingerprint density at radius 2 is 1.97 bits per heavy atom. The lowest BCUT2D eigenvalue weighted by Gasteiger charge is -2.09. The van der Waals surface area contributed by atoms with E-state index >= 15 is 0 Å². The molecule has 2 aromatic carbocycles. The first-order valence-corrected chi connectivity index (χ1v) is 10.6. The van der Waals surface area contributed by atoms with Gasteiger partial charge in [0.05, 0.1) is 16.4 Å². The molecule has 0 spiro atoms. The Morgan fingerprint density at radius 1 is 1.17 bits per heavy atom. The van der Waals surface area contributed by atoms with Crippen LogP contribution in [0.25, 0.3) is 16.4 Å². The highest BCUT2D eigenvalue weighted by molar-refractivity contribution is 7.12. The molecule has 2 aromatic heterocycles. The zero-order valence-corrected chi connectivity index (χ0v) is 18.1. The minimum atomic E-state index is -0.345. The lowest BCUT2D eigenvalue weighted by molar-refractivity contribution is -0.118. The molecule has 4 aromatic rings. The van der Waals surface area contributed by atoms with Crippen molar-refractivity contribution in [1.29, 1.82) is 0 Å². The van der Waals surface area contributed by atoms with Crippen LogP contribution in [0.15, 0.2) is 60.0 Å². The molecule has 0 saturated heterocycles. The van der Waals surface area contributed by atoms with E-state index in [-0.39, 0.29) is 12.5 Å². The third kappa shape index (κ3) is 4.64. The van der Waals surface area contributed by atoms with E-state index in [0.717, 1.165) is 17.0 Å². The van der Waals surface area contributed by atoms with Crippen LogP contribution in [0, 0.1) is 6.92 Å². The van der Waals surface area contributed by atoms with Crippen molar-refractivity contribution in [1.82, 2.24) is 14.8 Å². The lowest BCUT2D eigenvalue weighted by Crippen LogP contribution is -2.22. The summed E-state index contributed by atoms with van der Waals surface area (Å²) >= 11 is 13.4. The first-order chi connectivity index (χ1) is 14.5. The summed E-state index contributed by atoms with van der Waals surface area (Å²) in [5, 5.41) is 10.7. The number of amides is 1. The van der Waals surface area contributed by atoms with Crippen LogP contribution in [-0.4, -0.2) is 27.3 Å². The SMILES string of the molecule is Cc1cc(NC(=O)COc2ccc(Cl)cc2Cl)n(-c2nc(-c3ccccc3)cs2)n1. The summed E-state index contributed by atoms with van der Waals surface area (Å²) in [4.78, 5) is 17.1. The molecule has 9 heteroatoms. The van der Waals surface area contributed by atoms with Crippen LogP contribution >= 0.6 is 34.5 Å². The van der Waals surface area contributed by atoms with Crippen molar-refractivity contribution in [2.45, 2.75) is 6.92 Å². The molecule has 0 aliphatic heterocycles. The predicted octanol–water partition coefficient (Wildman–Crippen LogP) is 5.63. The van der Waals surface area contributed by atoms with Crippen LogP contribution in [-0.2, 0) is 4.79 Å². The second-order valence-corrected chi connectivity index (χ2v) is 8.06. The topological polar surface area (TPSA) is 69.0 Å². The van der Waals surface area contributed by atoms with E-state index in [4.69, 9.17) is 27.9 Å². The fourth-order valence-electron chi connectivity index (χ4n) is 2.75. The van der Waals surface area contributed by atoms with Crippen LogP contribution in [0.4, 0.5) is 5.82 Å². The van der Waals surface area contributed by atoms with E-state index in [1.54, 1.807) is 28.9 Å². The van der Waals surface area contributed by atoms with Crippen LogP contribution < -0.4 is 10.1 Å². The maximum absolute atomic E-state index is 12.4. The summed E-state index contributed by atoms with van der Waals surface area (Å²) in [7, 11) is 0. The molecule has 0 aliphatic rings. The number of thiazole rings is 1. The van der Waals surface area contributed by atoms with Crippen molar-refractivity contribution in [3.05, 3.63) is 75.7 Å². The molecule has 1 amide bonds. The normalized spacial score (nSPS) is 10.8. The molecule has 4 rings (SSSR count). The molecule has 0 fully saturated rings. The van der Waals surface area contributed by atoms with Crippen LogP contribution in [0.2, 0.25) is 10.0 Å². The summed E-state index contributed by atoms with van der Waals surface area (Å²) in [6, 6.07) is 16.5. The largest absolute Gasteiger partial charge is 0.482 e. The number of nitrogens with zero attached hydrogens (tertiary/aromatic N) is 3. The Hall–Kier alpha value is -2.87. The lowest BCUT2D eigenvalue weighted by atomic mass is 10.2. The Kier molecular flexibility index (Phi) is 6.03. The highest BCUT2D eigenvalue weighted by atomic mass is 35.5. The van der Waals surface area contributed by atoms with Gasteiger partial charge in [0.25, 0.3) is 5.91 Å². The minimum Gasteiger partial charge on any atom is -0.482 e. The first-order valence-electron chi connectivity index (χ1n) is 8.95. The summed E-state index contributed by atoms with van der Waals surface area (Å²) in [5.41, 5.74) is 2.62. The molecule has 6 nitrogen and oxygen atoms in total. The molecule has 152 valence electrons. The number of hydrogen-bond donors (Lipinski definition) is 1. The van der Waals surface area contributed by atoms with Gasteiger partial charge in [-0.15, -0.1) is 11.3 Å². The monoisotopic (exact) mass is 458 g/mol. The number of halogens is 2. The van der Waals surface area contributed by atoms with Gasteiger partial charge in [-0.3, -0.25) is 4.79 Å². The van der Waals surface area contributed by atoms with Crippen molar-refractivity contribution in [3.63, 3.8) is 0 Å². The average Bonchev–Trinajstić information content (AvgIpc) is 3.34. The van der Waals surface area contributed by atoms with Crippen LogP contribution in [0.1, 0.15) is 5.69 Å². The molecular weight excluding hydrogens is 443 g/mol. The van der Waals surface area contributed by atoms with Gasteiger partial charge in [-0.25, -0.2) is 4.98 Å². The van der Waals surface area contributed by atoms with Crippen molar-refractivity contribution in [2.24, 2.45) is 0 Å². The number of rotatable bonds is 6. The highest BCUT2D eigenvalue weighted by Crippen LogP contribution is 2.28. The molecule has 0 atom stereocenters. The third-order valence-corrected chi connectivity index (χ3v) is 5.44. The number of aryl methyl sites for hydroxylation is 1. The Balaban J connectivity index is 1.48. The molecule has 0 aliphatic carbocycles. The van der Waals surface area contributed by atoms with Gasteiger partial charge >= 0.3 is 0 Å². The van der Waals surface area contributed by atoms with Gasteiger partial charge in [0.2, 0.25) is 5.13 Å². The number of nitrogens with one attached hydrogen (secondary N) is 1. The number of ether oxygens (including phenoxy) is 1. The Bertz CT molecular complexity index is 1190. The minimum absolute atomic E-state index is 0.210. The standard InChI is InChI=1S/C21H16Cl2N4O2S/c1-13-9-19(25-20(28)11-29-18-8-7-15(22)10-16(18)23)27(26-13)21-24-17(12-30-21)14-5-3-2-4-6-14/h2-10,12H,11H2,1H3,(H,25,28). The fraction of sp³-hybridized carbons (Fsp3) is 0.0952. The van der Waals surface area contributed by atoms with Gasteiger partial charge in [-0.1, -0.05) is 53.5 Å². The maximum Gasteiger partial charge on any atom is 0.263 e. The van der Waals surface area contributed by atoms with E-state index in [0.29, 0.717) is 26.7 Å². The zero-order valence-electron chi connectivity index (χ0n) is 15.8. The van der Waals surface area contributed by atoms with Crippen molar-refractivity contribution in [3.8, 4) is 22.1 Å². The molecular formula is C21H16Cl2N4O2S. The molecule has 1 N–H and O–H groups in total. The van der Waals surface area contributed by atoms with E-state index in [1.165, 1.54) is 11.3 Å². The average molecular weight is 459 g/mol. The van der Waals surface area contributed by atoms with E-state index in [9.17, 15) is 4.79 Å². The van der Waals surface area contributed by atoms with Crippen molar-refractivity contribution in [2.75, 3.05) is 11.9 Å². The van der Waals surface area contributed by atoms with Gasteiger partial charge in [-0.05, 0) is 25.1 Å². The highest BCUT2D eigenvalue weighted by Gasteiger charge is 2.15. The number of carbonyl (C=O) groups is 1. The number of benzene rings is 2. The summed E-state index contributed by atoms with van der Waals surface area (Å²) in [6.45, 7) is 1.64. The quantitative estimate of drug-likeness (QED) is 0.406. The Labute approximate surface area is 187 Å². The number of hydrogen-bond acceptors (Lipinski definition) is 5. The molecule has 0 radical (unpaired) electrons. The van der Waals surface area contributed by atoms with Gasteiger partial charge in [0.15, 0.2) is 6.61 Å². The number of aromatic nitrogens is 3. The zero-order chi connectivity index (χ0) is 21.1. The number of carbonyl (C=O) groups excluding carboxylic acids is 1. The number of anilines is 1. The van der Waals surface area contributed by atoms with Crippen LogP contribution in [0.3, 0.4) is 0 Å². The smallest absolute Gasteiger partial charge is 0.263 e. The summed E-state index contributed by atoms with van der Waals surface area (Å²) in [6.07, 6.45) is 0. The van der Waals surface area contributed by atoms with Crippen molar-refractivity contribution < 1.29 is 9.53 Å². The second-order valence-electron chi connectivity index (χ2n) is 6.38. The molecule has 0 saturated carbocycles. The predicted molar refractivity (Wildman–Crippen MR) is 120 cm³/mol. The Morgan fingerprint density at radius 3 is 2.73 bits per heavy atom. The van der Waals surface area contributed by atoms with Gasteiger partial charge in [0, 0.05) is 22.0 Å². The molecule has 2 heterocycles. The van der Waals surface area contributed by atoms with E-state index in [1.807, 2.05) is 42.6 Å². The fourth-order valence-corrected chi connectivity index (χ4v) is 4.01. The summed E-state index contributed by atoms with van der Waals surface area (Å²) in [5.74, 6) is 0.549. The van der Waals surface area contributed by atoms with Crippen LogP contribution in [0.5, 0.6) is 5.75 Å². The second kappa shape index (κ2) is 8.87. The van der Waals surface area contributed by atoms with Gasteiger partial charge in [-0.2, -0.15) is 9.78 Å². The van der Waals surface area contributed by atoms with Gasteiger partial charge < -0.3 is 10.1 Å². The summed E-state index contributed by atoms with van der Waals surface area (Å²) < 4.78 is 7.11.